The number of alkyl halides is 2. The van der Waals surface area contributed by atoms with Crippen molar-refractivity contribution in [3.05, 3.63) is 35.0 Å². The lowest BCUT2D eigenvalue weighted by molar-refractivity contribution is -0.144. The molecule has 3 rings (SSSR count). The first kappa shape index (κ1) is 17.2. The summed E-state index contributed by atoms with van der Waals surface area (Å²) >= 11 is 0. The summed E-state index contributed by atoms with van der Waals surface area (Å²) in [4.78, 5) is 24.4. The Bertz CT molecular complexity index is 772. The number of methoxy groups -OCH3 is 1. The summed E-state index contributed by atoms with van der Waals surface area (Å²) in [5.74, 6) is -1.33. The molecule has 1 amide bonds. The maximum atomic E-state index is 12.5. The number of nitrogens with one attached hydrogen (secondary N) is 1. The molecule has 2 heterocycles. The number of ether oxygens (including phenoxy) is 3. The highest BCUT2D eigenvalue weighted by Crippen LogP contribution is 2.44. The lowest BCUT2D eigenvalue weighted by Crippen LogP contribution is -2.38. The Morgan fingerprint density at radius 2 is 2.00 bits per heavy atom. The van der Waals surface area contributed by atoms with Gasteiger partial charge in [-0.1, -0.05) is 6.07 Å². The first-order valence-corrected chi connectivity index (χ1v) is 7.63. The van der Waals surface area contributed by atoms with Gasteiger partial charge in [0.2, 0.25) is 5.91 Å². The zero-order valence-electron chi connectivity index (χ0n) is 13.9. The summed E-state index contributed by atoms with van der Waals surface area (Å²) in [5, 5.41) is 2.70. The van der Waals surface area contributed by atoms with Crippen LogP contribution in [0, 0.1) is 0 Å². The van der Waals surface area contributed by atoms with E-state index in [-0.39, 0.29) is 23.8 Å². The fraction of sp³-hybridized carbons (Fsp3) is 0.412. The maximum Gasteiger partial charge on any atom is 0.387 e. The number of rotatable bonds is 4. The smallest absolute Gasteiger partial charge is 0.387 e. The van der Waals surface area contributed by atoms with Crippen LogP contribution >= 0.6 is 0 Å². The summed E-state index contributed by atoms with van der Waals surface area (Å²) in [7, 11) is 1.32. The second-order valence-electron chi connectivity index (χ2n) is 6.28. The molecule has 0 aliphatic carbocycles. The Balaban J connectivity index is 2.05. The van der Waals surface area contributed by atoms with Crippen molar-refractivity contribution >= 4 is 11.9 Å². The predicted octanol–water partition coefficient (Wildman–Crippen LogP) is 2.49. The molecule has 8 heteroatoms. The monoisotopic (exact) mass is 353 g/mol. The molecule has 1 aromatic rings. The highest BCUT2D eigenvalue weighted by atomic mass is 19.3. The number of carbonyl (C=O) groups excluding carboxylic acids is 2. The Morgan fingerprint density at radius 1 is 1.28 bits per heavy atom. The van der Waals surface area contributed by atoms with Crippen LogP contribution in [0.3, 0.4) is 0 Å². The van der Waals surface area contributed by atoms with E-state index in [1.165, 1.54) is 25.3 Å². The molecule has 0 radical (unpaired) electrons. The van der Waals surface area contributed by atoms with Crippen LogP contribution in [0.5, 0.6) is 11.5 Å². The quantitative estimate of drug-likeness (QED) is 0.842. The summed E-state index contributed by atoms with van der Waals surface area (Å²) < 4.78 is 39.8. The van der Waals surface area contributed by atoms with Crippen molar-refractivity contribution in [2.45, 2.75) is 38.4 Å². The van der Waals surface area contributed by atoms with Crippen molar-refractivity contribution in [3.8, 4) is 11.5 Å². The van der Waals surface area contributed by atoms with E-state index in [0.717, 1.165) is 0 Å². The van der Waals surface area contributed by atoms with Crippen LogP contribution in [0.1, 0.15) is 31.7 Å². The minimum Gasteiger partial charge on any atom is -0.493 e. The van der Waals surface area contributed by atoms with Gasteiger partial charge in [0.15, 0.2) is 11.5 Å². The zero-order chi connectivity index (χ0) is 18.4. The van der Waals surface area contributed by atoms with Gasteiger partial charge in [-0.15, -0.1) is 0 Å². The Kier molecular flexibility index (Phi) is 4.14. The number of cyclic esters (lactones) is 1. The van der Waals surface area contributed by atoms with Gasteiger partial charge >= 0.3 is 12.6 Å². The van der Waals surface area contributed by atoms with E-state index < -0.39 is 24.1 Å². The summed E-state index contributed by atoms with van der Waals surface area (Å²) in [6.07, 6.45) is 0.0439. The van der Waals surface area contributed by atoms with Gasteiger partial charge in [0, 0.05) is 12.3 Å². The molecule has 2 aliphatic heterocycles. The highest BCUT2D eigenvalue weighted by Gasteiger charge is 2.47. The molecule has 0 spiro atoms. The third kappa shape index (κ3) is 3.04. The van der Waals surface area contributed by atoms with E-state index >= 15 is 0 Å². The highest BCUT2D eigenvalue weighted by molar-refractivity contribution is 5.99. The molecule has 6 nitrogen and oxygen atoms in total. The van der Waals surface area contributed by atoms with Gasteiger partial charge < -0.3 is 19.5 Å². The van der Waals surface area contributed by atoms with Crippen LogP contribution in [0.25, 0.3) is 0 Å². The Hall–Kier alpha value is -2.64. The Labute approximate surface area is 142 Å². The van der Waals surface area contributed by atoms with Crippen molar-refractivity contribution in [3.63, 3.8) is 0 Å². The Morgan fingerprint density at radius 3 is 2.64 bits per heavy atom. The third-order valence-electron chi connectivity index (χ3n) is 4.25. The van der Waals surface area contributed by atoms with Crippen LogP contribution in [0.15, 0.2) is 29.5 Å². The molecule has 1 atom stereocenters. The van der Waals surface area contributed by atoms with E-state index in [9.17, 15) is 18.4 Å². The van der Waals surface area contributed by atoms with Crippen LogP contribution in [-0.4, -0.2) is 31.2 Å². The number of esters is 1. The summed E-state index contributed by atoms with van der Waals surface area (Å²) in [6.45, 7) is 0.395. The molecule has 1 aromatic carbocycles. The lowest BCUT2D eigenvalue weighted by Gasteiger charge is -2.27. The van der Waals surface area contributed by atoms with Gasteiger partial charge in [0.25, 0.3) is 0 Å². The largest absolute Gasteiger partial charge is 0.493 e. The van der Waals surface area contributed by atoms with E-state index in [2.05, 4.69) is 10.1 Å². The molecule has 134 valence electrons. The van der Waals surface area contributed by atoms with Crippen LogP contribution < -0.4 is 14.8 Å². The van der Waals surface area contributed by atoms with Crippen LogP contribution in [0.4, 0.5) is 8.78 Å². The van der Waals surface area contributed by atoms with Crippen molar-refractivity contribution in [2.24, 2.45) is 0 Å². The minimum absolute atomic E-state index is 0.0439. The zero-order valence-corrected chi connectivity index (χ0v) is 13.9. The average molecular weight is 353 g/mol. The molecule has 0 saturated heterocycles. The molecule has 25 heavy (non-hydrogen) atoms. The molecule has 0 bridgehead atoms. The minimum atomic E-state index is -2.99. The number of amides is 1. The standard InChI is InChI=1S/C17H17F2NO5/c1-17(2)14-13(15(22)25-17)9(7-12(21)20-14)8-4-5-10(24-16(18)19)11(6-8)23-3/h4-6,9,16H,7H2,1-3H3,(H,20,21)/t9-/m0/s1. The number of hydrogen-bond donors (Lipinski definition) is 1. The second kappa shape index (κ2) is 6.02. The van der Waals surface area contributed by atoms with Gasteiger partial charge in [-0.2, -0.15) is 8.78 Å². The van der Waals surface area contributed by atoms with Crippen LogP contribution in [0.2, 0.25) is 0 Å². The normalized spacial score (nSPS) is 21.8. The molecule has 2 aliphatic rings. The number of halogens is 2. The van der Waals surface area contributed by atoms with E-state index in [1.54, 1.807) is 13.8 Å². The van der Waals surface area contributed by atoms with Crippen LogP contribution in [-0.2, 0) is 14.3 Å². The average Bonchev–Trinajstić information content (AvgIpc) is 2.75. The van der Waals surface area contributed by atoms with Crippen molar-refractivity contribution < 1.29 is 32.6 Å². The molecule has 0 fully saturated rings. The summed E-state index contributed by atoms with van der Waals surface area (Å²) in [6, 6.07) is 4.36. The first-order chi connectivity index (χ1) is 11.7. The first-order valence-electron chi connectivity index (χ1n) is 7.63. The second-order valence-corrected chi connectivity index (χ2v) is 6.28. The molecule has 1 N–H and O–H groups in total. The molecule has 0 unspecified atom stereocenters. The number of benzene rings is 1. The van der Waals surface area contributed by atoms with E-state index in [0.29, 0.717) is 16.8 Å². The van der Waals surface area contributed by atoms with Crippen molar-refractivity contribution in [1.29, 1.82) is 0 Å². The molecule has 0 saturated carbocycles. The van der Waals surface area contributed by atoms with E-state index in [1.807, 2.05) is 0 Å². The molecular formula is C17H17F2NO5. The number of hydrogen-bond acceptors (Lipinski definition) is 5. The van der Waals surface area contributed by atoms with E-state index in [4.69, 9.17) is 9.47 Å². The lowest BCUT2D eigenvalue weighted by atomic mass is 9.82. The summed E-state index contributed by atoms with van der Waals surface area (Å²) in [5.41, 5.74) is 0.457. The SMILES string of the molecule is COc1cc([C@@H]2CC(=O)NC3=C2C(=O)OC3(C)C)ccc1OC(F)F. The van der Waals surface area contributed by atoms with Gasteiger partial charge in [-0.25, -0.2) is 4.79 Å². The fourth-order valence-electron chi connectivity index (χ4n) is 3.16. The van der Waals surface area contributed by atoms with Crippen molar-refractivity contribution in [1.82, 2.24) is 5.32 Å². The fourth-order valence-corrected chi connectivity index (χ4v) is 3.16. The molecular weight excluding hydrogens is 336 g/mol. The maximum absolute atomic E-state index is 12.5. The third-order valence-corrected chi connectivity index (χ3v) is 4.25. The number of carbonyl (C=O) groups is 2. The van der Waals surface area contributed by atoms with Gasteiger partial charge in [-0.3, -0.25) is 4.79 Å². The van der Waals surface area contributed by atoms with Gasteiger partial charge in [0.1, 0.15) is 5.60 Å². The predicted molar refractivity (Wildman–Crippen MR) is 82.3 cm³/mol. The van der Waals surface area contributed by atoms with Gasteiger partial charge in [0.05, 0.1) is 18.4 Å². The topological polar surface area (TPSA) is 73.9 Å². The van der Waals surface area contributed by atoms with Gasteiger partial charge in [-0.05, 0) is 31.5 Å². The molecule has 0 aromatic heterocycles. The van der Waals surface area contributed by atoms with Crippen molar-refractivity contribution in [2.75, 3.05) is 7.11 Å².